The number of amides is 1. The number of likely N-dealkylation sites (tertiary alicyclic amines) is 1. The van der Waals surface area contributed by atoms with E-state index in [9.17, 15) is 4.79 Å². The number of nitrogens with zero attached hydrogens (tertiary/aromatic N) is 1. The number of piperidine rings is 1. The molecular formula is C12H22N2O3. The molecule has 0 aromatic carbocycles. The Labute approximate surface area is 102 Å². The van der Waals surface area contributed by atoms with Gasteiger partial charge in [0.2, 0.25) is 0 Å². The van der Waals surface area contributed by atoms with E-state index in [1.807, 2.05) is 25.7 Å². The largest absolute Gasteiger partial charge is 0.444 e. The van der Waals surface area contributed by atoms with E-state index >= 15 is 0 Å². The molecule has 1 spiro atoms. The van der Waals surface area contributed by atoms with Gasteiger partial charge < -0.3 is 15.2 Å². The van der Waals surface area contributed by atoms with Crippen LogP contribution in [0, 0.1) is 0 Å². The summed E-state index contributed by atoms with van der Waals surface area (Å²) < 4.78 is 10.7. The summed E-state index contributed by atoms with van der Waals surface area (Å²) in [4.78, 5) is 13.9. The number of ether oxygens (including phenoxy) is 2. The number of carbonyl (C=O) groups is 1. The third-order valence-electron chi connectivity index (χ3n) is 3.29. The van der Waals surface area contributed by atoms with Gasteiger partial charge in [-0.3, -0.25) is 4.90 Å². The Morgan fingerprint density at radius 3 is 2.59 bits per heavy atom. The number of hydrogen-bond donors (Lipinski definition) is 1. The van der Waals surface area contributed by atoms with Crippen molar-refractivity contribution in [2.45, 2.75) is 50.8 Å². The highest BCUT2D eigenvalue weighted by molar-refractivity contribution is 5.69. The monoisotopic (exact) mass is 242 g/mol. The summed E-state index contributed by atoms with van der Waals surface area (Å²) >= 11 is 0. The fourth-order valence-electron chi connectivity index (χ4n) is 2.45. The van der Waals surface area contributed by atoms with Gasteiger partial charge in [-0.1, -0.05) is 0 Å². The van der Waals surface area contributed by atoms with E-state index in [-0.39, 0.29) is 17.7 Å². The smallest absolute Gasteiger partial charge is 0.410 e. The summed E-state index contributed by atoms with van der Waals surface area (Å²) in [6.45, 7) is 7.47. The molecular weight excluding hydrogens is 220 g/mol. The quantitative estimate of drug-likeness (QED) is 0.691. The van der Waals surface area contributed by atoms with Crippen LogP contribution in [0.1, 0.15) is 33.6 Å². The average molecular weight is 242 g/mol. The molecule has 2 saturated heterocycles. The maximum atomic E-state index is 12.1. The molecule has 2 heterocycles. The van der Waals surface area contributed by atoms with E-state index in [1.165, 1.54) is 0 Å². The number of nitrogens with two attached hydrogens (primary N) is 1. The van der Waals surface area contributed by atoms with Crippen LogP contribution >= 0.6 is 0 Å². The Bertz CT molecular complexity index is 307. The molecule has 0 aromatic rings. The number of carbonyl (C=O) groups excluding carboxylic acids is 1. The molecule has 2 rings (SSSR count). The van der Waals surface area contributed by atoms with Crippen LogP contribution in [-0.2, 0) is 9.47 Å². The highest BCUT2D eigenvalue weighted by atomic mass is 16.6. The first-order chi connectivity index (χ1) is 7.82. The second kappa shape index (κ2) is 4.14. The minimum absolute atomic E-state index is 0.164. The van der Waals surface area contributed by atoms with Gasteiger partial charge in [0.25, 0.3) is 0 Å². The predicted molar refractivity (Wildman–Crippen MR) is 63.7 cm³/mol. The first-order valence-corrected chi connectivity index (χ1v) is 6.16. The number of hydrogen-bond acceptors (Lipinski definition) is 4. The van der Waals surface area contributed by atoms with Crippen molar-refractivity contribution in [2.24, 2.45) is 5.73 Å². The zero-order chi connectivity index (χ0) is 12.7. The fourth-order valence-corrected chi connectivity index (χ4v) is 2.45. The van der Waals surface area contributed by atoms with Crippen LogP contribution in [-0.4, -0.2) is 47.9 Å². The maximum Gasteiger partial charge on any atom is 0.410 e. The van der Waals surface area contributed by atoms with Crippen molar-refractivity contribution in [3.8, 4) is 0 Å². The van der Waals surface area contributed by atoms with E-state index in [1.54, 1.807) is 0 Å². The van der Waals surface area contributed by atoms with Crippen LogP contribution in [0.5, 0.6) is 0 Å². The van der Waals surface area contributed by atoms with Gasteiger partial charge in [0.15, 0.2) is 0 Å². The number of rotatable bonds is 0. The Morgan fingerprint density at radius 1 is 1.47 bits per heavy atom. The molecule has 2 fully saturated rings. The molecule has 98 valence electrons. The van der Waals surface area contributed by atoms with Crippen molar-refractivity contribution in [1.29, 1.82) is 0 Å². The lowest BCUT2D eigenvalue weighted by molar-refractivity contribution is -0.152. The lowest BCUT2D eigenvalue weighted by Gasteiger charge is -2.53. The molecule has 1 unspecified atom stereocenters. The first-order valence-electron chi connectivity index (χ1n) is 6.16. The lowest BCUT2D eigenvalue weighted by atomic mass is 9.83. The molecule has 5 nitrogen and oxygen atoms in total. The summed E-state index contributed by atoms with van der Waals surface area (Å²) in [5.41, 5.74) is 5.31. The van der Waals surface area contributed by atoms with E-state index < -0.39 is 5.60 Å². The molecule has 5 heteroatoms. The molecule has 0 aromatic heterocycles. The first kappa shape index (κ1) is 12.6. The Kier molecular flexibility index (Phi) is 3.08. The predicted octanol–water partition coefficient (Wildman–Crippen LogP) is 1.11. The minimum atomic E-state index is -0.456. The molecule has 0 saturated carbocycles. The average Bonchev–Trinajstić information content (AvgIpc) is 2.12. The maximum absolute atomic E-state index is 12.1. The van der Waals surface area contributed by atoms with Crippen molar-refractivity contribution in [3.05, 3.63) is 0 Å². The molecule has 0 bridgehead atoms. The van der Waals surface area contributed by atoms with Crippen molar-refractivity contribution in [3.63, 3.8) is 0 Å². The summed E-state index contributed by atoms with van der Waals surface area (Å²) in [5.74, 6) is 0. The van der Waals surface area contributed by atoms with Crippen LogP contribution in [0.15, 0.2) is 0 Å². The van der Waals surface area contributed by atoms with E-state index in [0.29, 0.717) is 19.8 Å². The Hall–Kier alpha value is -0.810. The van der Waals surface area contributed by atoms with Gasteiger partial charge in [-0.2, -0.15) is 0 Å². The SMILES string of the molecule is CC(C)(C)OC(=O)N1CCC(N)CC12COC2. The van der Waals surface area contributed by atoms with Crippen molar-refractivity contribution in [2.75, 3.05) is 19.8 Å². The standard InChI is InChI=1S/C12H22N2O3/c1-11(2,3)17-10(15)14-5-4-9(13)6-12(14)7-16-8-12/h9H,4-8,13H2,1-3H3. The van der Waals surface area contributed by atoms with Gasteiger partial charge in [0.05, 0.1) is 18.8 Å². The lowest BCUT2D eigenvalue weighted by Crippen LogP contribution is -2.69. The second-order valence-corrected chi connectivity index (χ2v) is 6.10. The van der Waals surface area contributed by atoms with Crippen LogP contribution < -0.4 is 5.73 Å². The summed E-state index contributed by atoms with van der Waals surface area (Å²) in [7, 11) is 0. The van der Waals surface area contributed by atoms with Crippen molar-refractivity contribution >= 4 is 6.09 Å². The zero-order valence-corrected chi connectivity index (χ0v) is 10.9. The van der Waals surface area contributed by atoms with E-state index in [4.69, 9.17) is 15.2 Å². The zero-order valence-electron chi connectivity index (χ0n) is 10.9. The second-order valence-electron chi connectivity index (χ2n) is 6.10. The summed E-state index contributed by atoms with van der Waals surface area (Å²) in [6.07, 6.45) is 1.40. The van der Waals surface area contributed by atoms with E-state index in [0.717, 1.165) is 12.8 Å². The Balaban J connectivity index is 2.06. The highest BCUT2D eigenvalue weighted by Crippen LogP contribution is 2.35. The van der Waals surface area contributed by atoms with Gasteiger partial charge in [-0.25, -0.2) is 4.79 Å². The van der Waals surface area contributed by atoms with Crippen LogP contribution in [0.25, 0.3) is 0 Å². The van der Waals surface area contributed by atoms with Crippen LogP contribution in [0.2, 0.25) is 0 Å². The third kappa shape index (κ3) is 2.55. The molecule has 0 radical (unpaired) electrons. The topological polar surface area (TPSA) is 64.8 Å². The van der Waals surface area contributed by atoms with Gasteiger partial charge in [0, 0.05) is 12.6 Å². The highest BCUT2D eigenvalue weighted by Gasteiger charge is 2.50. The molecule has 2 N–H and O–H groups in total. The van der Waals surface area contributed by atoms with Gasteiger partial charge in [-0.15, -0.1) is 0 Å². The third-order valence-corrected chi connectivity index (χ3v) is 3.29. The van der Waals surface area contributed by atoms with E-state index in [2.05, 4.69) is 0 Å². The molecule has 2 aliphatic heterocycles. The molecule has 0 aliphatic carbocycles. The van der Waals surface area contributed by atoms with Crippen molar-refractivity contribution in [1.82, 2.24) is 4.90 Å². The molecule has 17 heavy (non-hydrogen) atoms. The summed E-state index contributed by atoms with van der Waals surface area (Å²) in [6, 6.07) is 0.164. The summed E-state index contributed by atoms with van der Waals surface area (Å²) in [5, 5.41) is 0. The minimum Gasteiger partial charge on any atom is -0.444 e. The van der Waals surface area contributed by atoms with Crippen LogP contribution in [0.3, 0.4) is 0 Å². The normalized spacial score (nSPS) is 27.8. The molecule has 1 atom stereocenters. The van der Waals surface area contributed by atoms with Gasteiger partial charge >= 0.3 is 6.09 Å². The van der Waals surface area contributed by atoms with Crippen molar-refractivity contribution < 1.29 is 14.3 Å². The molecule has 1 amide bonds. The Morgan fingerprint density at radius 2 is 2.12 bits per heavy atom. The van der Waals surface area contributed by atoms with Gasteiger partial charge in [0.1, 0.15) is 5.60 Å². The van der Waals surface area contributed by atoms with Gasteiger partial charge in [-0.05, 0) is 33.6 Å². The molecule has 2 aliphatic rings. The van der Waals surface area contributed by atoms with Crippen LogP contribution in [0.4, 0.5) is 4.79 Å². The fraction of sp³-hybridized carbons (Fsp3) is 0.917.